The van der Waals surface area contributed by atoms with Crippen molar-refractivity contribution in [3.63, 3.8) is 0 Å². The number of hydrogen-bond acceptors (Lipinski definition) is 3. The number of hydrogen-bond donors (Lipinski definition) is 2. The molecule has 1 aliphatic rings. The summed E-state index contributed by atoms with van der Waals surface area (Å²) in [5.74, 6) is 0.259. The molecule has 0 saturated heterocycles. The Morgan fingerprint density at radius 2 is 2.00 bits per heavy atom. The Labute approximate surface area is 127 Å². The van der Waals surface area contributed by atoms with E-state index in [2.05, 4.69) is 4.72 Å². The summed E-state index contributed by atoms with van der Waals surface area (Å²) >= 11 is 0. The summed E-state index contributed by atoms with van der Waals surface area (Å²) in [6.07, 6.45) is 2.93. The lowest BCUT2D eigenvalue weighted by Crippen LogP contribution is -2.47. The lowest BCUT2D eigenvalue weighted by atomic mass is 10.1. The Morgan fingerprint density at radius 3 is 2.62 bits per heavy atom. The maximum absolute atomic E-state index is 12.6. The fourth-order valence-corrected chi connectivity index (χ4v) is 4.39. The molecule has 1 saturated carbocycles. The molecule has 2 atom stereocenters. The molecule has 0 heterocycles. The van der Waals surface area contributed by atoms with Gasteiger partial charge in [0.15, 0.2) is 0 Å². The van der Waals surface area contributed by atoms with Gasteiger partial charge in [-0.2, -0.15) is 17.4 Å². The van der Waals surface area contributed by atoms with Crippen LogP contribution >= 0.6 is 0 Å². The predicted octanol–water partition coefficient (Wildman–Crippen LogP) is 1.47. The van der Waals surface area contributed by atoms with Crippen LogP contribution in [-0.2, 0) is 16.8 Å². The minimum absolute atomic E-state index is 0.0233. The summed E-state index contributed by atoms with van der Waals surface area (Å²) in [6, 6.07) is 9.63. The van der Waals surface area contributed by atoms with Gasteiger partial charge in [0.1, 0.15) is 0 Å². The van der Waals surface area contributed by atoms with Gasteiger partial charge in [-0.3, -0.25) is 0 Å². The van der Waals surface area contributed by atoms with Gasteiger partial charge in [0.2, 0.25) is 0 Å². The molecule has 1 aromatic rings. The van der Waals surface area contributed by atoms with Crippen molar-refractivity contribution in [1.82, 2.24) is 9.03 Å². The lowest BCUT2D eigenvalue weighted by Gasteiger charge is -2.25. The summed E-state index contributed by atoms with van der Waals surface area (Å²) < 4.78 is 29.4. The van der Waals surface area contributed by atoms with E-state index >= 15 is 0 Å². The van der Waals surface area contributed by atoms with E-state index in [1.807, 2.05) is 37.3 Å². The Hall–Kier alpha value is -0.950. The van der Waals surface area contributed by atoms with E-state index in [0.717, 1.165) is 24.8 Å². The molecule has 3 N–H and O–H groups in total. The number of benzene rings is 1. The molecule has 0 radical (unpaired) electrons. The fraction of sp³-hybridized carbons (Fsp3) is 0.600. The van der Waals surface area contributed by atoms with E-state index in [1.54, 1.807) is 0 Å². The van der Waals surface area contributed by atoms with Crippen molar-refractivity contribution in [2.24, 2.45) is 11.7 Å². The highest BCUT2D eigenvalue weighted by Crippen LogP contribution is 2.25. The van der Waals surface area contributed by atoms with Crippen molar-refractivity contribution in [3.05, 3.63) is 35.9 Å². The van der Waals surface area contributed by atoms with Crippen LogP contribution in [-0.4, -0.2) is 31.9 Å². The molecule has 21 heavy (non-hydrogen) atoms. The van der Waals surface area contributed by atoms with Crippen LogP contribution in [0.1, 0.15) is 31.7 Å². The van der Waals surface area contributed by atoms with E-state index in [-0.39, 0.29) is 12.0 Å². The smallest absolute Gasteiger partial charge is 0.280 e. The second-order valence-corrected chi connectivity index (χ2v) is 7.27. The summed E-state index contributed by atoms with van der Waals surface area (Å²) in [5, 5.41) is 0. The molecule has 0 spiro atoms. The van der Waals surface area contributed by atoms with Crippen LogP contribution in [0.4, 0.5) is 0 Å². The highest BCUT2D eigenvalue weighted by Gasteiger charge is 2.31. The largest absolute Gasteiger partial charge is 0.330 e. The third-order valence-electron chi connectivity index (χ3n) is 4.16. The highest BCUT2D eigenvalue weighted by atomic mass is 32.2. The number of nitrogens with one attached hydrogen (secondary N) is 1. The van der Waals surface area contributed by atoms with Gasteiger partial charge in [-0.15, -0.1) is 0 Å². The maximum Gasteiger partial charge on any atom is 0.280 e. The molecule has 1 aliphatic carbocycles. The highest BCUT2D eigenvalue weighted by molar-refractivity contribution is 7.87. The first-order chi connectivity index (χ1) is 10.1. The molecule has 0 aromatic heterocycles. The second-order valence-electron chi connectivity index (χ2n) is 5.57. The molecular weight excluding hydrogens is 286 g/mol. The third-order valence-corrected chi connectivity index (χ3v) is 5.82. The minimum atomic E-state index is -3.47. The molecule has 0 bridgehead atoms. The lowest BCUT2D eigenvalue weighted by molar-refractivity contribution is 0.389. The average molecular weight is 311 g/mol. The normalized spacial score (nSPS) is 22.8. The SMILES string of the molecule is CCN(Cc1ccccc1)S(=O)(=O)NC1CCCC1CN. The van der Waals surface area contributed by atoms with Gasteiger partial charge >= 0.3 is 0 Å². The molecule has 1 aromatic carbocycles. The summed E-state index contributed by atoms with van der Waals surface area (Å²) in [6.45, 7) is 3.24. The quantitative estimate of drug-likeness (QED) is 0.800. The predicted molar refractivity (Wildman–Crippen MR) is 84.8 cm³/mol. The van der Waals surface area contributed by atoms with Crippen molar-refractivity contribution in [1.29, 1.82) is 0 Å². The van der Waals surface area contributed by atoms with Crippen LogP contribution in [0.5, 0.6) is 0 Å². The van der Waals surface area contributed by atoms with Gasteiger partial charge in [-0.05, 0) is 30.9 Å². The zero-order chi connectivity index (χ0) is 15.3. The zero-order valence-corrected chi connectivity index (χ0v) is 13.3. The van der Waals surface area contributed by atoms with E-state index in [4.69, 9.17) is 5.73 Å². The summed E-state index contributed by atoms with van der Waals surface area (Å²) in [7, 11) is -3.47. The topological polar surface area (TPSA) is 75.4 Å². The van der Waals surface area contributed by atoms with E-state index in [9.17, 15) is 8.42 Å². The number of nitrogens with two attached hydrogens (primary N) is 1. The van der Waals surface area contributed by atoms with Gasteiger partial charge in [0.05, 0.1) is 0 Å². The van der Waals surface area contributed by atoms with Crippen LogP contribution < -0.4 is 10.5 Å². The molecule has 2 rings (SSSR count). The molecule has 5 nitrogen and oxygen atoms in total. The molecule has 6 heteroatoms. The molecule has 0 amide bonds. The van der Waals surface area contributed by atoms with Crippen molar-refractivity contribution in [2.45, 2.75) is 38.8 Å². The van der Waals surface area contributed by atoms with Crippen LogP contribution in [0, 0.1) is 5.92 Å². The Bertz CT molecular complexity index is 533. The molecular formula is C15H25N3O2S. The van der Waals surface area contributed by atoms with Crippen LogP contribution in [0.15, 0.2) is 30.3 Å². The summed E-state index contributed by atoms with van der Waals surface area (Å²) in [5.41, 5.74) is 6.72. The van der Waals surface area contributed by atoms with E-state index in [1.165, 1.54) is 4.31 Å². The van der Waals surface area contributed by atoms with E-state index < -0.39 is 10.2 Å². The molecule has 118 valence electrons. The van der Waals surface area contributed by atoms with Gasteiger partial charge in [-0.25, -0.2) is 0 Å². The average Bonchev–Trinajstić information content (AvgIpc) is 2.92. The standard InChI is InChI=1S/C15H25N3O2S/c1-2-18(12-13-7-4-3-5-8-13)21(19,20)17-15-10-6-9-14(15)11-16/h3-5,7-8,14-15,17H,2,6,9-12,16H2,1H3. The third kappa shape index (κ3) is 4.26. The summed E-state index contributed by atoms with van der Waals surface area (Å²) in [4.78, 5) is 0. The molecule has 2 unspecified atom stereocenters. The zero-order valence-electron chi connectivity index (χ0n) is 12.5. The van der Waals surface area contributed by atoms with Crippen LogP contribution in [0.3, 0.4) is 0 Å². The van der Waals surface area contributed by atoms with Crippen molar-refractivity contribution in [3.8, 4) is 0 Å². The van der Waals surface area contributed by atoms with Gasteiger partial charge in [0, 0.05) is 19.1 Å². The van der Waals surface area contributed by atoms with Crippen molar-refractivity contribution >= 4 is 10.2 Å². The van der Waals surface area contributed by atoms with Crippen molar-refractivity contribution in [2.75, 3.05) is 13.1 Å². The first-order valence-electron chi connectivity index (χ1n) is 7.58. The van der Waals surface area contributed by atoms with Crippen LogP contribution in [0.2, 0.25) is 0 Å². The van der Waals surface area contributed by atoms with Gasteiger partial charge in [-0.1, -0.05) is 43.7 Å². The molecule has 1 fully saturated rings. The second kappa shape index (κ2) is 7.35. The van der Waals surface area contributed by atoms with Gasteiger partial charge < -0.3 is 5.73 Å². The number of nitrogens with zero attached hydrogens (tertiary/aromatic N) is 1. The Morgan fingerprint density at radius 1 is 1.29 bits per heavy atom. The fourth-order valence-electron chi connectivity index (χ4n) is 2.89. The number of rotatable bonds is 7. The monoisotopic (exact) mass is 311 g/mol. The Balaban J connectivity index is 2.05. The molecule has 0 aliphatic heterocycles. The first-order valence-corrected chi connectivity index (χ1v) is 9.02. The van der Waals surface area contributed by atoms with Crippen molar-refractivity contribution < 1.29 is 8.42 Å². The minimum Gasteiger partial charge on any atom is -0.330 e. The Kier molecular flexibility index (Phi) is 5.75. The van der Waals surface area contributed by atoms with E-state index in [0.29, 0.717) is 19.6 Å². The maximum atomic E-state index is 12.6. The first kappa shape index (κ1) is 16.4. The van der Waals surface area contributed by atoms with Crippen LogP contribution in [0.25, 0.3) is 0 Å². The van der Waals surface area contributed by atoms with Gasteiger partial charge in [0.25, 0.3) is 10.2 Å².